The molecule has 0 spiro atoms. The Labute approximate surface area is 205 Å². The van der Waals surface area contributed by atoms with Crippen LogP contribution < -0.4 is 19.7 Å². The summed E-state index contributed by atoms with van der Waals surface area (Å²) in [6, 6.07) is 17.0. The normalized spacial score (nSPS) is 17.2. The zero-order chi connectivity index (χ0) is 25.1. The van der Waals surface area contributed by atoms with Crippen molar-refractivity contribution in [2.75, 3.05) is 25.7 Å². The third kappa shape index (κ3) is 4.41. The van der Waals surface area contributed by atoms with Gasteiger partial charge in [0.25, 0.3) is 0 Å². The highest BCUT2D eigenvalue weighted by Crippen LogP contribution is 2.41. The van der Waals surface area contributed by atoms with Gasteiger partial charge in [-0.1, -0.05) is 42.5 Å². The maximum Gasteiger partial charge on any atom is 0.414 e. The second kappa shape index (κ2) is 10.1. The van der Waals surface area contributed by atoms with Gasteiger partial charge in [-0.05, 0) is 43.2 Å². The van der Waals surface area contributed by atoms with Crippen molar-refractivity contribution < 1.29 is 23.8 Å². The van der Waals surface area contributed by atoms with Crippen molar-refractivity contribution in [3.05, 3.63) is 77.5 Å². The van der Waals surface area contributed by atoms with Crippen LogP contribution in [0.1, 0.15) is 42.7 Å². The number of benzene rings is 3. The number of nitrogens with zero attached hydrogens (tertiary/aromatic N) is 1. The maximum atomic E-state index is 13.6. The minimum absolute atomic E-state index is 0.0727. The molecule has 7 heteroatoms. The van der Waals surface area contributed by atoms with Crippen LogP contribution in [-0.4, -0.2) is 38.7 Å². The number of carbonyl (C=O) groups is 2. The van der Waals surface area contributed by atoms with E-state index in [1.807, 2.05) is 32.0 Å². The molecule has 3 aromatic rings. The van der Waals surface area contributed by atoms with E-state index in [9.17, 15) is 9.59 Å². The summed E-state index contributed by atoms with van der Waals surface area (Å²) in [5.74, 6) is 0.650. The van der Waals surface area contributed by atoms with Gasteiger partial charge in [-0.25, -0.2) is 4.79 Å². The lowest BCUT2D eigenvalue weighted by molar-refractivity contribution is 0.102. The minimum Gasteiger partial charge on any atom is -0.493 e. The first-order valence-corrected chi connectivity index (χ1v) is 11.6. The Morgan fingerprint density at radius 1 is 1.09 bits per heavy atom. The van der Waals surface area contributed by atoms with Crippen LogP contribution >= 0.6 is 0 Å². The van der Waals surface area contributed by atoms with Crippen LogP contribution in [0, 0.1) is 0 Å². The SMILES string of the molecule is CCOC(=O)N1c2cc(OC)c(OC)cc2C(=O)C(=CNC(C)c2cccc3ccccc23)C1C. The van der Waals surface area contributed by atoms with E-state index in [4.69, 9.17) is 14.2 Å². The van der Waals surface area contributed by atoms with Gasteiger partial charge in [0.2, 0.25) is 0 Å². The molecule has 7 nitrogen and oxygen atoms in total. The molecule has 3 aromatic carbocycles. The monoisotopic (exact) mass is 474 g/mol. The standard InChI is InChI=1S/C28H30N2O5/c1-6-35-28(32)30-18(3)23(27(31)22-14-25(33-4)26(34-5)15-24(22)30)16-29-17(2)20-13-9-11-19-10-7-8-12-21(19)20/h7-18,29H,6H2,1-5H3. The average Bonchev–Trinajstić information content (AvgIpc) is 2.87. The molecule has 0 aliphatic carbocycles. The van der Waals surface area contributed by atoms with Gasteiger partial charge in [0.15, 0.2) is 17.3 Å². The number of hydrogen-bond donors (Lipinski definition) is 1. The Kier molecular flexibility index (Phi) is 6.96. The highest BCUT2D eigenvalue weighted by atomic mass is 16.6. The minimum atomic E-state index is -0.556. The molecule has 1 aliphatic heterocycles. The predicted molar refractivity (Wildman–Crippen MR) is 136 cm³/mol. The molecule has 0 saturated heterocycles. The van der Waals surface area contributed by atoms with Gasteiger partial charge < -0.3 is 19.5 Å². The molecule has 182 valence electrons. The first-order chi connectivity index (χ1) is 16.9. The van der Waals surface area contributed by atoms with Crippen LogP contribution in [0.4, 0.5) is 10.5 Å². The van der Waals surface area contributed by atoms with Crippen LogP contribution in [0.3, 0.4) is 0 Å². The zero-order valence-corrected chi connectivity index (χ0v) is 20.6. The molecule has 1 N–H and O–H groups in total. The van der Waals surface area contributed by atoms with Crippen molar-refractivity contribution in [1.82, 2.24) is 5.32 Å². The molecule has 4 rings (SSSR count). The van der Waals surface area contributed by atoms with Crippen LogP contribution in [0.5, 0.6) is 11.5 Å². The largest absolute Gasteiger partial charge is 0.493 e. The fraction of sp³-hybridized carbons (Fsp3) is 0.286. The molecule has 0 bridgehead atoms. The van der Waals surface area contributed by atoms with Crippen molar-refractivity contribution in [1.29, 1.82) is 0 Å². The molecular weight excluding hydrogens is 444 g/mol. The maximum absolute atomic E-state index is 13.6. The van der Waals surface area contributed by atoms with Gasteiger partial charge in [0, 0.05) is 23.9 Å². The highest BCUT2D eigenvalue weighted by Gasteiger charge is 2.38. The number of ether oxygens (including phenoxy) is 3. The van der Waals surface area contributed by atoms with E-state index in [0.717, 1.165) is 16.3 Å². The van der Waals surface area contributed by atoms with Crippen molar-refractivity contribution >= 4 is 28.3 Å². The number of anilines is 1. The van der Waals surface area contributed by atoms with Crippen LogP contribution in [0.2, 0.25) is 0 Å². The van der Waals surface area contributed by atoms with E-state index in [1.54, 1.807) is 25.3 Å². The van der Waals surface area contributed by atoms with E-state index in [2.05, 4.69) is 29.6 Å². The molecule has 1 heterocycles. The summed E-state index contributed by atoms with van der Waals surface area (Å²) in [5.41, 5.74) is 2.34. The van der Waals surface area contributed by atoms with Crippen LogP contribution in [0.25, 0.3) is 10.8 Å². The summed E-state index contributed by atoms with van der Waals surface area (Å²) >= 11 is 0. The Bertz CT molecular complexity index is 1290. The van der Waals surface area contributed by atoms with Crippen LogP contribution in [0.15, 0.2) is 66.4 Å². The Morgan fingerprint density at radius 3 is 2.49 bits per heavy atom. The molecule has 0 saturated carbocycles. The van der Waals surface area contributed by atoms with E-state index in [-0.39, 0.29) is 18.4 Å². The quantitative estimate of drug-likeness (QED) is 0.466. The number of rotatable bonds is 6. The fourth-order valence-corrected chi connectivity index (χ4v) is 4.51. The molecule has 2 atom stereocenters. The van der Waals surface area contributed by atoms with E-state index in [1.165, 1.54) is 19.1 Å². The summed E-state index contributed by atoms with van der Waals surface area (Å²) in [4.78, 5) is 28.0. The van der Waals surface area contributed by atoms with Crippen molar-refractivity contribution in [2.45, 2.75) is 32.9 Å². The molecule has 1 aliphatic rings. The number of fused-ring (bicyclic) bond motifs is 2. The number of methoxy groups -OCH3 is 2. The number of ketones is 1. The van der Waals surface area contributed by atoms with Crippen molar-refractivity contribution in [3.63, 3.8) is 0 Å². The Balaban J connectivity index is 1.75. The number of nitrogens with one attached hydrogen (secondary N) is 1. The average molecular weight is 475 g/mol. The third-order valence-corrected chi connectivity index (χ3v) is 6.35. The summed E-state index contributed by atoms with van der Waals surface area (Å²) in [5, 5.41) is 5.67. The Morgan fingerprint density at radius 2 is 1.77 bits per heavy atom. The summed E-state index contributed by atoms with van der Waals surface area (Å²) in [6.07, 6.45) is 1.18. The van der Waals surface area contributed by atoms with Crippen molar-refractivity contribution in [2.24, 2.45) is 0 Å². The lowest BCUT2D eigenvalue weighted by Gasteiger charge is -2.35. The lowest BCUT2D eigenvalue weighted by Crippen LogP contribution is -2.46. The summed E-state index contributed by atoms with van der Waals surface area (Å²) in [6.45, 7) is 5.82. The first-order valence-electron chi connectivity index (χ1n) is 11.6. The molecule has 0 fully saturated rings. The molecule has 0 radical (unpaired) electrons. The van der Waals surface area contributed by atoms with Gasteiger partial charge in [-0.15, -0.1) is 0 Å². The molecule has 2 unspecified atom stereocenters. The number of hydrogen-bond acceptors (Lipinski definition) is 6. The van der Waals surface area contributed by atoms with Gasteiger partial charge in [0.05, 0.1) is 38.1 Å². The molecule has 1 amide bonds. The van der Waals surface area contributed by atoms with Gasteiger partial charge >= 0.3 is 6.09 Å². The van der Waals surface area contributed by atoms with E-state index >= 15 is 0 Å². The number of Topliss-reactive ketones (excluding diaryl/α,β-unsaturated/α-hetero) is 1. The molecule has 0 aromatic heterocycles. The van der Waals surface area contributed by atoms with E-state index in [0.29, 0.717) is 28.3 Å². The topological polar surface area (TPSA) is 77.1 Å². The molecular formula is C28H30N2O5. The van der Waals surface area contributed by atoms with E-state index < -0.39 is 12.1 Å². The number of carbonyl (C=O) groups excluding carboxylic acids is 2. The predicted octanol–water partition coefficient (Wildman–Crippen LogP) is 5.64. The highest BCUT2D eigenvalue weighted by molar-refractivity contribution is 6.18. The molecule has 35 heavy (non-hydrogen) atoms. The Hall–Kier alpha value is -4.00. The smallest absolute Gasteiger partial charge is 0.414 e. The third-order valence-electron chi connectivity index (χ3n) is 6.35. The first kappa shape index (κ1) is 24.1. The van der Waals surface area contributed by atoms with Crippen molar-refractivity contribution in [3.8, 4) is 11.5 Å². The number of amides is 1. The second-order valence-electron chi connectivity index (χ2n) is 8.35. The van der Waals surface area contributed by atoms with Gasteiger partial charge in [-0.2, -0.15) is 0 Å². The second-order valence-corrected chi connectivity index (χ2v) is 8.35. The lowest BCUT2D eigenvalue weighted by atomic mass is 9.90. The summed E-state index contributed by atoms with van der Waals surface area (Å²) < 4.78 is 16.1. The van der Waals surface area contributed by atoms with Gasteiger partial charge in [-0.3, -0.25) is 9.69 Å². The fourth-order valence-electron chi connectivity index (χ4n) is 4.51. The van der Waals surface area contributed by atoms with Gasteiger partial charge in [0.1, 0.15) is 0 Å². The van der Waals surface area contributed by atoms with Crippen LogP contribution in [-0.2, 0) is 4.74 Å². The summed E-state index contributed by atoms with van der Waals surface area (Å²) in [7, 11) is 3.02. The zero-order valence-electron chi connectivity index (χ0n) is 20.6.